The third kappa shape index (κ3) is 4.59. The molecule has 0 saturated carbocycles. The van der Waals surface area contributed by atoms with Gasteiger partial charge in [0.05, 0.1) is 0 Å². The van der Waals surface area contributed by atoms with Crippen molar-refractivity contribution in [2.45, 2.75) is 78.4 Å². The van der Waals surface area contributed by atoms with Crippen LogP contribution in [0, 0.1) is 5.92 Å². The van der Waals surface area contributed by atoms with Gasteiger partial charge < -0.3 is 5.32 Å². The second kappa shape index (κ2) is 7.38. The zero-order valence-electron chi connectivity index (χ0n) is 12.5. The molecule has 1 N–H and O–H groups in total. The maximum absolute atomic E-state index is 3.71. The second-order valence-corrected chi connectivity index (χ2v) is 6.13. The summed E-state index contributed by atoms with van der Waals surface area (Å²) in [6, 6.07) is 2.21. The van der Waals surface area contributed by atoms with Gasteiger partial charge in [-0.15, -0.1) is 0 Å². The number of piperazine rings is 1. The molecule has 17 heavy (non-hydrogen) atoms. The molecule has 1 heterocycles. The van der Waals surface area contributed by atoms with Crippen molar-refractivity contribution in [3.8, 4) is 0 Å². The van der Waals surface area contributed by atoms with Crippen molar-refractivity contribution < 1.29 is 0 Å². The molecule has 0 spiro atoms. The molecule has 0 aromatic rings. The highest BCUT2D eigenvalue weighted by molar-refractivity contribution is 4.88. The Balaban J connectivity index is 2.60. The average molecular weight is 240 g/mol. The molecule has 0 radical (unpaired) electrons. The van der Waals surface area contributed by atoms with Crippen molar-refractivity contribution in [2.75, 3.05) is 13.1 Å². The van der Waals surface area contributed by atoms with Crippen molar-refractivity contribution in [3.05, 3.63) is 0 Å². The Labute approximate surface area is 108 Å². The monoisotopic (exact) mass is 240 g/mol. The molecule has 0 aromatic carbocycles. The van der Waals surface area contributed by atoms with Crippen LogP contribution in [0.4, 0.5) is 0 Å². The average Bonchev–Trinajstić information content (AvgIpc) is 2.29. The minimum absolute atomic E-state index is 0.706. The van der Waals surface area contributed by atoms with Gasteiger partial charge in [-0.25, -0.2) is 0 Å². The molecule has 102 valence electrons. The van der Waals surface area contributed by atoms with E-state index in [2.05, 4.69) is 44.8 Å². The summed E-state index contributed by atoms with van der Waals surface area (Å²) in [5, 5.41) is 3.71. The van der Waals surface area contributed by atoms with Crippen LogP contribution in [0.15, 0.2) is 0 Å². The van der Waals surface area contributed by atoms with E-state index in [9.17, 15) is 0 Å². The Morgan fingerprint density at radius 1 is 1.24 bits per heavy atom. The summed E-state index contributed by atoms with van der Waals surface area (Å²) in [6.45, 7) is 14.1. The van der Waals surface area contributed by atoms with Gasteiger partial charge in [-0.3, -0.25) is 4.90 Å². The molecule has 1 fully saturated rings. The number of nitrogens with zero attached hydrogens (tertiary/aromatic N) is 1. The van der Waals surface area contributed by atoms with Crippen LogP contribution >= 0.6 is 0 Å². The Hall–Kier alpha value is -0.0800. The van der Waals surface area contributed by atoms with Crippen LogP contribution in [0.25, 0.3) is 0 Å². The summed E-state index contributed by atoms with van der Waals surface area (Å²) < 4.78 is 0. The van der Waals surface area contributed by atoms with E-state index in [1.165, 1.54) is 38.8 Å². The lowest BCUT2D eigenvalue weighted by Crippen LogP contribution is -2.59. The van der Waals surface area contributed by atoms with Gasteiger partial charge in [0.15, 0.2) is 0 Å². The predicted octanol–water partition coefficient (Wildman–Crippen LogP) is 3.27. The summed E-state index contributed by atoms with van der Waals surface area (Å²) >= 11 is 0. The van der Waals surface area contributed by atoms with E-state index in [4.69, 9.17) is 0 Å². The fourth-order valence-corrected chi connectivity index (χ4v) is 3.05. The molecule has 2 heteroatoms. The molecule has 1 aliphatic rings. The first-order chi connectivity index (χ1) is 8.08. The molecular weight excluding hydrogens is 208 g/mol. The lowest BCUT2D eigenvalue weighted by molar-refractivity contribution is 0.0711. The highest BCUT2D eigenvalue weighted by atomic mass is 15.2. The van der Waals surface area contributed by atoms with Gasteiger partial charge in [-0.1, -0.05) is 34.1 Å². The molecule has 1 rings (SSSR count). The smallest absolute Gasteiger partial charge is 0.0226 e. The minimum atomic E-state index is 0.706. The molecular formula is C15H32N2. The third-order valence-corrected chi connectivity index (χ3v) is 4.05. The van der Waals surface area contributed by atoms with Gasteiger partial charge in [0.25, 0.3) is 0 Å². The molecule has 1 aliphatic heterocycles. The van der Waals surface area contributed by atoms with Crippen LogP contribution in [0.1, 0.15) is 60.3 Å². The van der Waals surface area contributed by atoms with Crippen LogP contribution in [-0.4, -0.2) is 36.1 Å². The first-order valence-corrected chi connectivity index (χ1v) is 7.57. The van der Waals surface area contributed by atoms with Crippen LogP contribution < -0.4 is 5.32 Å². The minimum Gasteiger partial charge on any atom is -0.311 e. The molecule has 0 bridgehead atoms. The number of hydrogen-bond acceptors (Lipinski definition) is 2. The predicted molar refractivity (Wildman–Crippen MR) is 76.4 cm³/mol. The van der Waals surface area contributed by atoms with E-state index in [-0.39, 0.29) is 0 Å². The first-order valence-electron chi connectivity index (χ1n) is 7.57. The van der Waals surface area contributed by atoms with Gasteiger partial charge in [0, 0.05) is 31.2 Å². The fourth-order valence-electron chi connectivity index (χ4n) is 3.05. The fraction of sp³-hybridized carbons (Fsp3) is 1.00. The zero-order chi connectivity index (χ0) is 12.8. The van der Waals surface area contributed by atoms with Crippen LogP contribution in [0.2, 0.25) is 0 Å². The quantitative estimate of drug-likeness (QED) is 0.766. The standard InChI is InChI=1S/C15H32N2/c1-6-8-13(5)17-11-14(7-2)16-10-15(17)9-12(3)4/h12-16H,6-11H2,1-5H3. The molecule has 1 saturated heterocycles. The van der Waals surface area contributed by atoms with Crippen molar-refractivity contribution in [2.24, 2.45) is 5.92 Å². The Bertz CT molecular complexity index is 203. The highest BCUT2D eigenvalue weighted by Gasteiger charge is 2.30. The summed E-state index contributed by atoms with van der Waals surface area (Å²) in [6.07, 6.45) is 5.22. The van der Waals surface area contributed by atoms with E-state index >= 15 is 0 Å². The summed E-state index contributed by atoms with van der Waals surface area (Å²) in [4.78, 5) is 2.77. The molecule has 2 nitrogen and oxygen atoms in total. The van der Waals surface area contributed by atoms with Crippen LogP contribution in [0.5, 0.6) is 0 Å². The summed E-state index contributed by atoms with van der Waals surface area (Å²) in [5.74, 6) is 0.802. The number of hydrogen-bond donors (Lipinski definition) is 1. The van der Waals surface area contributed by atoms with E-state index in [1.54, 1.807) is 0 Å². The highest BCUT2D eigenvalue weighted by Crippen LogP contribution is 2.21. The van der Waals surface area contributed by atoms with Gasteiger partial charge in [-0.05, 0) is 32.1 Å². The lowest BCUT2D eigenvalue weighted by atomic mass is 9.96. The Morgan fingerprint density at radius 2 is 1.94 bits per heavy atom. The third-order valence-electron chi connectivity index (χ3n) is 4.05. The van der Waals surface area contributed by atoms with Crippen LogP contribution in [-0.2, 0) is 0 Å². The Morgan fingerprint density at radius 3 is 2.47 bits per heavy atom. The van der Waals surface area contributed by atoms with Gasteiger partial charge >= 0.3 is 0 Å². The van der Waals surface area contributed by atoms with E-state index in [1.807, 2.05) is 0 Å². The van der Waals surface area contributed by atoms with Crippen molar-refractivity contribution in [1.29, 1.82) is 0 Å². The summed E-state index contributed by atoms with van der Waals surface area (Å²) in [5.41, 5.74) is 0. The van der Waals surface area contributed by atoms with Gasteiger partial charge in [-0.2, -0.15) is 0 Å². The number of nitrogens with one attached hydrogen (secondary N) is 1. The van der Waals surface area contributed by atoms with Crippen molar-refractivity contribution in [1.82, 2.24) is 10.2 Å². The Kier molecular flexibility index (Phi) is 6.50. The second-order valence-electron chi connectivity index (χ2n) is 6.13. The van der Waals surface area contributed by atoms with Crippen molar-refractivity contribution in [3.63, 3.8) is 0 Å². The van der Waals surface area contributed by atoms with Crippen molar-refractivity contribution >= 4 is 0 Å². The molecule has 3 atom stereocenters. The molecule has 0 amide bonds. The largest absolute Gasteiger partial charge is 0.311 e. The molecule has 0 aromatic heterocycles. The number of rotatable bonds is 6. The maximum atomic E-state index is 3.71. The van der Waals surface area contributed by atoms with Gasteiger partial charge in [0.2, 0.25) is 0 Å². The van der Waals surface area contributed by atoms with E-state index in [0.29, 0.717) is 6.04 Å². The molecule has 0 aliphatic carbocycles. The van der Waals surface area contributed by atoms with E-state index < -0.39 is 0 Å². The van der Waals surface area contributed by atoms with Gasteiger partial charge in [0.1, 0.15) is 0 Å². The SMILES string of the molecule is CCCC(C)N1CC(CC)NCC1CC(C)C. The summed E-state index contributed by atoms with van der Waals surface area (Å²) in [7, 11) is 0. The first kappa shape index (κ1) is 15.0. The van der Waals surface area contributed by atoms with E-state index in [0.717, 1.165) is 18.0 Å². The van der Waals surface area contributed by atoms with Crippen LogP contribution in [0.3, 0.4) is 0 Å². The lowest BCUT2D eigenvalue weighted by Gasteiger charge is -2.44. The topological polar surface area (TPSA) is 15.3 Å². The molecule has 3 unspecified atom stereocenters. The zero-order valence-corrected chi connectivity index (χ0v) is 12.5. The maximum Gasteiger partial charge on any atom is 0.0226 e. The normalized spacial score (nSPS) is 28.6.